The minimum absolute atomic E-state index is 0.914. The molecule has 4 nitrogen and oxygen atoms in total. The quantitative estimate of drug-likeness (QED) is 0.779. The molecule has 0 aliphatic carbocycles. The van der Waals surface area contributed by atoms with Gasteiger partial charge in [-0.25, -0.2) is 4.68 Å². The van der Waals surface area contributed by atoms with E-state index in [1.807, 2.05) is 42.1 Å². The second kappa shape index (κ2) is 5.33. The van der Waals surface area contributed by atoms with Gasteiger partial charge in [0.25, 0.3) is 0 Å². The van der Waals surface area contributed by atoms with Gasteiger partial charge in [-0.05, 0) is 25.5 Å². The third-order valence-electron chi connectivity index (χ3n) is 3.26. The van der Waals surface area contributed by atoms with E-state index in [2.05, 4.69) is 34.5 Å². The first-order chi connectivity index (χ1) is 9.78. The Hall–Kier alpha value is -2.36. The summed E-state index contributed by atoms with van der Waals surface area (Å²) in [6.07, 6.45) is 2.89. The number of rotatable bonds is 4. The zero-order valence-corrected chi connectivity index (χ0v) is 11.8. The Morgan fingerprint density at radius 1 is 1.20 bits per heavy atom. The first kappa shape index (κ1) is 12.7. The summed E-state index contributed by atoms with van der Waals surface area (Å²) in [6.45, 7) is 5.08. The van der Waals surface area contributed by atoms with E-state index < -0.39 is 0 Å². The molecule has 0 spiro atoms. The van der Waals surface area contributed by atoms with Gasteiger partial charge in [-0.15, -0.1) is 0 Å². The molecule has 0 amide bonds. The lowest BCUT2D eigenvalue weighted by Gasteiger charge is -2.12. The van der Waals surface area contributed by atoms with Gasteiger partial charge >= 0.3 is 0 Å². The van der Waals surface area contributed by atoms with Crippen LogP contribution in [0, 0.1) is 6.92 Å². The molecule has 1 aromatic carbocycles. The molecule has 0 saturated heterocycles. The zero-order chi connectivity index (χ0) is 13.9. The maximum atomic E-state index is 4.56. The van der Waals surface area contributed by atoms with E-state index in [0.717, 1.165) is 41.1 Å². The lowest BCUT2D eigenvalue weighted by molar-refractivity contribution is 0.610. The molecular formula is C16H18N4. The van der Waals surface area contributed by atoms with E-state index in [0.29, 0.717) is 0 Å². The highest BCUT2D eigenvalue weighted by atomic mass is 15.3. The lowest BCUT2D eigenvalue weighted by atomic mass is 10.1. The maximum Gasteiger partial charge on any atom is 0.128 e. The second-order valence-electron chi connectivity index (χ2n) is 4.89. The highest BCUT2D eigenvalue weighted by Crippen LogP contribution is 2.26. The molecule has 2 aromatic heterocycles. The number of nitrogens with zero attached hydrogens (tertiary/aromatic N) is 3. The molecule has 3 aromatic rings. The predicted octanol–water partition coefficient (Wildman–Crippen LogP) is 3.89. The Balaban J connectivity index is 2.04. The Labute approximate surface area is 118 Å². The van der Waals surface area contributed by atoms with Gasteiger partial charge in [0, 0.05) is 23.7 Å². The molecule has 0 bridgehead atoms. The average Bonchev–Trinajstić information content (AvgIpc) is 2.86. The summed E-state index contributed by atoms with van der Waals surface area (Å²) in [5.41, 5.74) is 3.09. The molecule has 0 aliphatic rings. The highest BCUT2D eigenvalue weighted by molar-refractivity contribution is 5.92. The molecule has 0 unspecified atom stereocenters. The molecule has 102 valence electrons. The van der Waals surface area contributed by atoms with Crippen molar-refractivity contribution in [2.75, 3.05) is 5.32 Å². The fourth-order valence-corrected chi connectivity index (χ4v) is 2.38. The molecule has 0 atom stereocenters. The first-order valence-electron chi connectivity index (χ1n) is 6.93. The number of hydrogen-bond donors (Lipinski definition) is 1. The van der Waals surface area contributed by atoms with Crippen molar-refractivity contribution >= 4 is 22.4 Å². The van der Waals surface area contributed by atoms with E-state index in [9.17, 15) is 0 Å². The fraction of sp³-hybridized carbons (Fsp3) is 0.250. The first-order valence-corrected chi connectivity index (χ1v) is 6.93. The van der Waals surface area contributed by atoms with Crippen molar-refractivity contribution in [2.45, 2.75) is 26.8 Å². The minimum Gasteiger partial charge on any atom is -0.340 e. The number of para-hydroxylation sites is 1. The number of anilines is 2. The van der Waals surface area contributed by atoms with Gasteiger partial charge in [-0.2, -0.15) is 5.10 Å². The van der Waals surface area contributed by atoms with Gasteiger partial charge in [0.1, 0.15) is 5.82 Å². The van der Waals surface area contributed by atoms with Crippen LogP contribution in [0.2, 0.25) is 0 Å². The van der Waals surface area contributed by atoms with Crippen LogP contribution in [-0.2, 0) is 6.54 Å². The minimum atomic E-state index is 0.914. The molecular weight excluding hydrogens is 248 g/mol. The molecule has 0 aliphatic heterocycles. The lowest BCUT2D eigenvalue weighted by Crippen LogP contribution is -2.04. The SMILES string of the molecule is CCCn1nccc1Nc1cc(C)nc2ccccc12. The van der Waals surface area contributed by atoms with Crippen LogP contribution in [-0.4, -0.2) is 14.8 Å². The molecule has 0 fully saturated rings. The van der Waals surface area contributed by atoms with Gasteiger partial charge in [-0.1, -0.05) is 25.1 Å². The van der Waals surface area contributed by atoms with Crippen molar-refractivity contribution in [3.8, 4) is 0 Å². The molecule has 2 heterocycles. The van der Waals surface area contributed by atoms with Gasteiger partial charge in [0.15, 0.2) is 0 Å². The molecule has 3 rings (SSSR count). The second-order valence-corrected chi connectivity index (χ2v) is 4.89. The summed E-state index contributed by atoms with van der Waals surface area (Å²) in [5.74, 6) is 1.02. The van der Waals surface area contributed by atoms with E-state index in [1.54, 1.807) is 0 Å². The zero-order valence-electron chi connectivity index (χ0n) is 11.8. The van der Waals surface area contributed by atoms with Crippen LogP contribution in [0.5, 0.6) is 0 Å². The van der Waals surface area contributed by atoms with Crippen LogP contribution in [0.4, 0.5) is 11.5 Å². The van der Waals surface area contributed by atoms with Crippen LogP contribution in [0.15, 0.2) is 42.6 Å². The van der Waals surface area contributed by atoms with Gasteiger partial charge in [0.05, 0.1) is 17.4 Å². The number of hydrogen-bond acceptors (Lipinski definition) is 3. The van der Waals surface area contributed by atoms with Crippen molar-refractivity contribution in [2.24, 2.45) is 0 Å². The number of aromatic nitrogens is 3. The normalized spacial score (nSPS) is 10.9. The summed E-state index contributed by atoms with van der Waals surface area (Å²) in [6, 6.07) is 12.3. The number of aryl methyl sites for hydroxylation is 2. The van der Waals surface area contributed by atoms with Crippen LogP contribution in [0.3, 0.4) is 0 Å². The van der Waals surface area contributed by atoms with Crippen molar-refractivity contribution in [3.05, 3.63) is 48.3 Å². The number of nitrogens with one attached hydrogen (secondary N) is 1. The third kappa shape index (κ3) is 2.37. The van der Waals surface area contributed by atoms with Crippen LogP contribution in [0.1, 0.15) is 19.0 Å². The monoisotopic (exact) mass is 266 g/mol. The summed E-state index contributed by atoms with van der Waals surface area (Å²) in [5, 5.41) is 8.95. The van der Waals surface area contributed by atoms with E-state index in [1.165, 1.54) is 0 Å². The standard InChI is InChI=1S/C16H18N4/c1-3-10-20-16(8-9-17-20)19-15-11-12(2)18-14-7-5-4-6-13(14)15/h4-9,11H,3,10H2,1-2H3,(H,18,19). The topological polar surface area (TPSA) is 42.7 Å². The van der Waals surface area contributed by atoms with Crippen LogP contribution in [0.25, 0.3) is 10.9 Å². The Bertz CT molecular complexity index is 730. The molecule has 0 radical (unpaired) electrons. The molecule has 1 N–H and O–H groups in total. The van der Waals surface area contributed by atoms with Gasteiger partial charge in [0.2, 0.25) is 0 Å². The molecule has 20 heavy (non-hydrogen) atoms. The van der Waals surface area contributed by atoms with Gasteiger partial charge < -0.3 is 5.32 Å². The summed E-state index contributed by atoms with van der Waals surface area (Å²) in [7, 11) is 0. The third-order valence-corrected chi connectivity index (χ3v) is 3.26. The van der Waals surface area contributed by atoms with Crippen molar-refractivity contribution in [1.82, 2.24) is 14.8 Å². The van der Waals surface area contributed by atoms with Crippen molar-refractivity contribution in [1.29, 1.82) is 0 Å². The van der Waals surface area contributed by atoms with E-state index in [4.69, 9.17) is 0 Å². The predicted molar refractivity (Wildman–Crippen MR) is 82.3 cm³/mol. The van der Waals surface area contributed by atoms with Gasteiger partial charge in [-0.3, -0.25) is 4.98 Å². The highest BCUT2D eigenvalue weighted by Gasteiger charge is 2.06. The maximum absolute atomic E-state index is 4.56. The number of fused-ring (bicyclic) bond motifs is 1. The van der Waals surface area contributed by atoms with Crippen molar-refractivity contribution < 1.29 is 0 Å². The van der Waals surface area contributed by atoms with E-state index >= 15 is 0 Å². The van der Waals surface area contributed by atoms with Crippen LogP contribution < -0.4 is 5.32 Å². The fourth-order valence-electron chi connectivity index (χ4n) is 2.38. The average molecular weight is 266 g/mol. The summed E-state index contributed by atoms with van der Waals surface area (Å²) < 4.78 is 1.99. The Morgan fingerprint density at radius 2 is 2.05 bits per heavy atom. The largest absolute Gasteiger partial charge is 0.340 e. The number of pyridine rings is 1. The van der Waals surface area contributed by atoms with Crippen molar-refractivity contribution in [3.63, 3.8) is 0 Å². The van der Waals surface area contributed by atoms with E-state index in [-0.39, 0.29) is 0 Å². The smallest absolute Gasteiger partial charge is 0.128 e. The number of benzene rings is 1. The Morgan fingerprint density at radius 3 is 2.90 bits per heavy atom. The van der Waals surface area contributed by atoms with Crippen LogP contribution >= 0.6 is 0 Å². The Kier molecular flexibility index (Phi) is 3.37. The summed E-state index contributed by atoms with van der Waals surface area (Å²) >= 11 is 0. The summed E-state index contributed by atoms with van der Waals surface area (Å²) in [4.78, 5) is 4.56. The molecule has 4 heteroatoms. The molecule has 0 saturated carbocycles.